The van der Waals surface area contributed by atoms with E-state index in [-0.39, 0.29) is 17.4 Å². The summed E-state index contributed by atoms with van der Waals surface area (Å²) in [5.41, 5.74) is -0.275. The molecule has 1 amide bonds. The maximum absolute atomic E-state index is 11.4. The molecule has 0 radical (unpaired) electrons. The third-order valence-corrected chi connectivity index (χ3v) is 1.94. The minimum Gasteiger partial charge on any atom is -0.481 e. The zero-order valence-electron chi connectivity index (χ0n) is 8.13. The molecule has 0 unspecified atom stereocenters. The van der Waals surface area contributed by atoms with Gasteiger partial charge in [0.05, 0.1) is 11.8 Å². The fourth-order valence-corrected chi connectivity index (χ4v) is 1.22. The number of hydrogen-bond donors (Lipinski definition) is 2. The quantitative estimate of drug-likeness (QED) is 0.662. The highest BCUT2D eigenvalue weighted by molar-refractivity contribution is 5.89. The standard InChI is InChI=1S/C9H15NO3/c1-9(2,3)10-7(11)5-4-6(5)8(12)13/h5-6H,4H2,1-3H3,(H,10,11)(H,12,13)/t5-,6+/m1/s1. The lowest BCUT2D eigenvalue weighted by Gasteiger charge is -2.20. The summed E-state index contributed by atoms with van der Waals surface area (Å²) in [6.07, 6.45) is 0.483. The Balaban J connectivity index is 2.40. The van der Waals surface area contributed by atoms with E-state index >= 15 is 0 Å². The summed E-state index contributed by atoms with van der Waals surface area (Å²) in [6.45, 7) is 5.63. The van der Waals surface area contributed by atoms with Gasteiger partial charge in [0.1, 0.15) is 0 Å². The SMILES string of the molecule is CC(C)(C)NC(=O)[C@@H]1C[C@@H]1C(=O)O. The number of carboxylic acid groups (broad SMARTS) is 1. The number of nitrogens with one attached hydrogen (secondary N) is 1. The van der Waals surface area contributed by atoms with Crippen LogP contribution in [0.25, 0.3) is 0 Å². The molecular weight excluding hydrogens is 170 g/mol. The summed E-state index contributed by atoms with van der Waals surface area (Å²) in [6, 6.07) is 0. The maximum atomic E-state index is 11.4. The summed E-state index contributed by atoms with van der Waals surface area (Å²) in [5.74, 6) is -1.77. The van der Waals surface area contributed by atoms with Crippen molar-refractivity contribution in [3.8, 4) is 0 Å². The fourth-order valence-electron chi connectivity index (χ4n) is 1.22. The second kappa shape index (κ2) is 3.01. The molecule has 0 aromatic carbocycles. The largest absolute Gasteiger partial charge is 0.481 e. The highest BCUT2D eigenvalue weighted by atomic mass is 16.4. The van der Waals surface area contributed by atoms with Crippen LogP contribution in [-0.2, 0) is 9.59 Å². The number of rotatable bonds is 2. The summed E-state index contributed by atoms with van der Waals surface area (Å²) in [7, 11) is 0. The number of aliphatic carboxylic acids is 1. The molecule has 74 valence electrons. The van der Waals surface area contributed by atoms with Crippen molar-refractivity contribution in [3.63, 3.8) is 0 Å². The first-order valence-electron chi connectivity index (χ1n) is 4.36. The molecule has 4 heteroatoms. The second-order valence-electron chi connectivity index (χ2n) is 4.53. The number of amides is 1. The molecule has 0 bridgehead atoms. The van der Waals surface area contributed by atoms with Gasteiger partial charge in [-0.3, -0.25) is 9.59 Å². The van der Waals surface area contributed by atoms with Crippen LogP contribution in [0.5, 0.6) is 0 Å². The van der Waals surface area contributed by atoms with Gasteiger partial charge >= 0.3 is 5.97 Å². The first-order valence-corrected chi connectivity index (χ1v) is 4.36. The third kappa shape index (κ3) is 2.72. The van der Waals surface area contributed by atoms with Crippen LogP contribution < -0.4 is 5.32 Å². The molecule has 0 spiro atoms. The van der Waals surface area contributed by atoms with E-state index in [0.29, 0.717) is 6.42 Å². The highest BCUT2D eigenvalue weighted by Crippen LogP contribution is 2.38. The van der Waals surface area contributed by atoms with Crippen LogP contribution in [0.4, 0.5) is 0 Å². The van der Waals surface area contributed by atoms with Crippen molar-refractivity contribution in [1.82, 2.24) is 5.32 Å². The number of carboxylic acids is 1. The van der Waals surface area contributed by atoms with E-state index in [4.69, 9.17) is 5.11 Å². The molecule has 2 atom stereocenters. The van der Waals surface area contributed by atoms with Gasteiger partial charge in [-0.05, 0) is 27.2 Å². The van der Waals surface area contributed by atoms with Crippen LogP contribution in [0.15, 0.2) is 0 Å². The number of carbonyl (C=O) groups excluding carboxylic acids is 1. The van der Waals surface area contributed by atoms with Crippen LogP contribution in [0, 0.1) is 11.8 Å². The molecule has 0 aromatic heterocycles. The Morgan fingerprint density at radius 1 is 1.31 bits per heavy atom. The van der Waals surface area contributed by atoms with Gasteiger partial charge in [-0.15, -0.1) is 0 Å². The van der Waals surface area contributed by atoms with Crippen LogP contribution >= 0.6 is 0 Å². The Morgan fingerprint density at radius 3 is 2.15 bits per heavy atom. The lowest BCUT2D eigenvalue weighted by Crippen LogP contribution is -2.41. The van der Waals surface area contributed by atoms with E-state index in [0.717, 1.165) is 0 Å². The molecule has 4 nitrogen and oxygen atoms in total. The average molecular weight is 185 g/mol. The molecule has 0 aromatic rings. The lowest BCUT2D eigenvalue weighted by atomic mass is 10.1. The summed E-state index contributed by atoms with van der Waals surface area (Å²) >= 11 is 0. The minimum absolute atomic E-state index is 0.139. The third-order valence-electron chi connectivity index (χ3n) is 1.94. The van der Waals surface area contributed by atoms with Crippen LogP contribution in [0.3, 0.4) is 0 Å². The molecule has 1 rings (SSSR count). The van der Waals surface area contributed by atoms with E-state index in [1.807, 2.05) is 20.8 Å². The van der Waals surface area contributed by atoms with Crippen molar-refractivity contribution < 1.29 is 14.7 Å². The first-order chi connectivity index (χ1) is 5.81. The van der Waals surface area contributed by atoms with Gasteiger partial charge in [-0.1, -0.05) is 0 Å². The first kappa shape index (κ1) is 10.0. The zero-order valence-corrected chi connectivity index (χ0v) is 8.13. The molecule has 0 saturated heterocycles. The van der Waals surface area contributed by atoms with Crippen molar-refractivity contribution in [2.75, 3.05) is 0 Å². The topological polar surface area (TPSA) is 66.4 Å². The van der Waals surface area contributed by atoms with Gasteiger partial charge in [0, 0.05) is 5.54 Å². The Hall–Kier alpha value is -1.06. The molecule has 13 heavy (non-hydrogen) atoms. The van der Waals surface area contributed by atoms with Gasteiger partial charge in [-0.2, -0.15) is 0 Å². The average Bonchev–Trinajstić information content (AvgIpc) is 2.58. The Kier molecular flexibility index (Phi) is 2.32. The Labute approximate surface area is 77.3 Å². The second-order valence-corrected chi connectivity index (χ2v) is 4.53. The molecule has 2 N–H and O–H groups in total. The van der Waals surface area contributed by atoms with E-state index in [2.05, 4.69) is 5.32 Å². The van der Waals surface area contributed by atoms with E-state index in [9.17, 15) is 9.59 Å². The molecule has 1 fully saturated rings. The van der Waals surface area contributed by atoms with Crippen molar-refractivity contribution in [3.05, 3.63) is 0 Å². The van der Waals surface area contributed by atoms with Crippen molar-refractivity contribution in [2.24, 2.45) is 11.8 Å². The summed E-state index contributed by atoms with van der Waals surface area (Å²) < 4.78 is 0. The molecule has 1 aliphatic carbocycles. The molecule has 1 saturated carbocycles. The Bertz CT molecular complexity index is 242. The Morgan fingerprint density at radius 2 is 1.85 bits per heavy atom. The van der Waals surface area contributed by atoms with Crippen molar-refractivity contribution in [1.29, 1.82) is 0 Å². The summed E-state index contributed by atoms with van der Waals surface area (Å²) in [5, 5.41) is 11.4. The maximum Gasteiger partial charge on any atom is 0.307 e. The monoisotopic (exact) mass is 185 g/mol. The van der Waals surface area contributed by atoms with E-state index < -0.39 is 11.9 Å². The van der Waals surface area contributed by atoms with Gasteiger partial charge in [-0.25, -0.2) is 0 Å². The van der Waals surface area contributed by atoms with Crippen LogP contribution in [-0.4, -0.2) is 22.5 Å². The molecule has 1 aliphatic rings. The van der Waals surface area contributed by atoms with Gasteiger partial charge in [0.15, 0.2) is 0 Å². The zero-order chi connectivity index (χ0) is 10.2. The van der Waals surface area contributed by atoms with Crippen LogP contribution in [0.1, 0.15) is 27.2 Å². The number of carbonyl (C=O) groups is 2. The summed E-state index contributed by atoms with van der Waals surface area (Å²) in [4.78, 5) is 21.8. The molecule has 0 aliphatic heterocycles. The predicted octanol–water partition coefficient (Wildman–Crippen LogP) is 0.622. The lowest BCUT2D eigenvalue weighted by molar-refractivity contribution is -0.140. The van der Waals surface area contributed by atoms with E-state index in [1.165, 1.54) is 0 Å². The van der Waals surface area contributed by atoms with Crippen LogP contribution in [0.2, 0.25) is 0 Å². The minimum atomic E-state index is -0.867. The molecule has 0 heterocycles. The highest BCUT2D eigenvalue weighted by Gasteiger charge is 2.48. The van der Waals surface area contributed by atoms with Gasteiger partial charge in [0.2, 0.25) is 5.91 Å². The predicted molar refractivity (Wildman–Crippen MR) is 47.1 cm³/mol. The van der Waals surface area contributed by atoms with Gasteiger partial charge in [0.25, 0.3) is 0 Å². The van der Waals surface area contributed by atoms with Crippen molar-refractivity contribution >= 4 is 11.9 Å². The molecular formula is C9H15NO3. The van der Waals surface area contributed by atoms with E-state index in [1.54, 1.807) is 0 Å². The fraction of sp³-hybridized carbons (Fsp3) is 0.778. The smallest absolute Gasteiger partial charge is 0.307 e. The van der Waals surface area contributed by atoms with Crippen molar-refractivity contribution in [2.45, 2.75) is 32.7 Å². The number of hydrogen-bond acceptors (Lipinski definition) is 2. The van der Waals surface area contributed by atoms with Gasteiger partial charge < -0.3 is 10.4 Å². The normalized spacial score (nSPS) is 26.7.